The molecule has 1 saturated heterocycles. The average Bonchev–Trinajstić information content (AvgIpc) is 2.38. The van der Waals surface area contributed by atoms with Gasteiger partial charge in [-0.05, 0) is 12.0 Å². The molecule has 0 unspecified atom stereocenters. The lowest BCUT2D eigenvalue weighted by Gasteiger charge is -2.31. The zero-order valence-electron chi connectivity index (χ0n) is 9.94. The number of carboxylic acids is 1. The van der Waals surface area contributed by atoms with Crippen molar-refractivity contribution in [3.8, 4) is 0 Å². The molecule has 0 bridgehead atoms. The van der Waals surface area contributed by atoms with Crippen molar-refractivity contribution in [2.75, 3.05) is 31.1 Å². The minimum absolute atomic E-state index is 0.323. The summed E-state index contributed by atoms with van der Waals surface area (Å²) in [5, 5.41) is 12.4. The molecule has 0 aromatic carbocycles. The second-order valence-corrected chi connectivity index (χ2v) is 4.08. The van der Waals surface area contributed by atoms with Gasteiger partial charge in [0.1, 0.15) is 0 Å². The first-order valence-corrected chi connectivity index (χ1v) is 5.90. The van der Waals surface area contributed by atoms with E-state index in [4.69, 9.17) is 5.11 Å². The monoisotopic (exact) mass is 235 g/mol. The maximum atomic E-state index is 11.1. The Hall–Kier alpha value is -1.62. The Morgan fingerprint density at radius 3 is 2.76 bits per heavy atom. The largest absolute Gasteiger partial charge is 0.478 e. The number of carbonyl (C=O) groups is 1. The molecule has 1 aliphatic rings. The van der Waals surface area contributed by atoms with Crippen LogP contribution in [0.5, 0.6) is 0 Å². The van der Waals surface area contributed by atoms with Gasteiger partial charge < -0.3 is 15.3 Å². The summed E-state index contributed by atoms with van der Waals surface area (Å²) in [4.78, 5) is 17.4. The highest BCUT2D eigenvalue weighted by Crippen LogP contribution is 2.23. The number of anilines is 1. The minimum Gasteiger partial charge on any atom is -0.478 e. The van der Waals surface area contributed by atoms with Crippen LogP contribution in [-0.4, -0.2) is 42.2 Å². The van der Waals surface area contributed by atoms with Crippen molar-refractivity contribution in [3.63, 3.8) is 0 Å². The van der Waals surface area contributed by atoms with Crippen molar-refractivity contribution in [1.82, 2.24) is 10.3 Å². The van der Waals surface area contributed by atoms with E-state index in [9.17, 15) is 4.79 Å². The number of aromatic nitrogens is 1. The van der Waals surface area contributed by atoms with Crippen LogP contribution >= 0.6 is 0 Å². The van der Waals surface area contributed by atoms with E-state index >= 15 is 0 Å². The average molecular weight is 235 g/mol. The van der Waals surface area contributed by atoms with Crippen LogP contribution in [0.2, 0.25) is 0 Å². The molecule has 2 N–H and O–H groups in total. The summed E-state index contributed by atoms with van der Waals surface area (Å²) in [6.45, 7) is 5.64. The smallest absolute Gasteiger partial charge is 0.337 e. The Balaban J connectivity index is 2.38. The lowest BCUT2D eigenvalue weighted by molar-refractivity contribution is 0.0695. The van der Waals surface area contributed by atoms with Crippen LogP contribution in [0.15, 0.2) is 12.4 Å². The Kier molecular flexibility index (Phi) is 3.58. The van der Waals surface area contributed by atoms with Gasteiger partial charge in [0, 0.05) is 32.4 Å². The van der Waals surface area contributed by atoms with Crippen LogP contribution in [-0.2, 0) is 6.42 Å². The molecule has 5 heteroatoms. The molecular formula is C12H17N3O2. The second-order valence-electron chi connectivity index (χ2n) is 4.08. The SMILES string of the molecule is CCc1c(C(=O)O)cncc1N1CCNCC1. The second kappa shape index (κ2) is 5.14. The number of aromatic carboxylic acids is 1. The summed E-state index contributed by atoms with van der Waals surface area (Å²) < 4.78 is 0. The minimum atomic E-state index is -0.897. The van der Waals surface area contributed by atoms with Crippen molar-refractivity contribution in [2.45, 2.75) is 13.3 Å². The first kappa shape index (κ1) is 11.9. The number of nitrogens with zero attached hydrogens (tertiary/aromatic N) is 2. The zero-order valence-corrected chi connectivity index (χ0v) is 9.94. The van der Waals surface area contributed by atoms with Crippen LogP contribution in [0.25, 0.3) is 0 Å². The van der Waals surface area contributed by atoms with Gasteiger partial charge in [-0.25, -0.2) is 4.79 Å². The van der Waals surface area contributed by atoms with E-state index in [0.29, 0.717) is 12.0 Å². The molecule has 1 fully saturated rings. The van der Waals surface area contributed by atoms with Gasteiger partial charge in [-0.3, -0.25) is 4.98 Å². The Morgan fingerprint density at radius 2 is 2.18 bits per heavy atom. The zero-order chi connectivity index (χ0) is 12.3. The van der Waals surface area contributed by atoms with Crippen LogP contribution in [0.1, 0.15) is 22.8 Å². The standard InChI is InChI=1S/C12H17N3O2/c1-2-9-10(12(16)17)7-14-8-11(9)15-5-3-13-4-6-15/h7-8,13H,2-6H2,1H3,(H,16,17). The summed E-state index contributed by atoms with van der Waals surface area (Å²) in [5.41, 5.74) is 2.17. The molecule has 0 saturated carbocycles. The molecule has 0 amide bonds. The number of nitrogens with one attached hydrogen (secondary N) is 1. The van der Waals surface area contributed by atoms with Gasteiger partial charge in [0.2, 0.25) is 0 Å². The lowest BCUT2D eigenvalue weighted by Crippen LogP contribution is -2.44. The molecule has 92 valence electrons. The predicted octanol–water partition coefficient (Wildman–Crippen LogP) is 0.752. The highest BCUT2D eigenvalue weighted by Gasteiger charge is 2.18. The molecule has 2 heterocycles. The van der Waals surface area contributed by atoms with E-state index in [-0.39, 0.29) is 0 Å². The van der Waals surface area contributed by atoms with E-state index in [2.05, 4.69) is 15.2 Å². The van der Waals surface area contributed by atoms with Crippen LogP contribution in [0, 0.1) is 0 Å². The Morgan fingerprint density at radius 1 is 1.47 bits per heavy atom. The van der Waals surface area contributed by atoms with E-state index in [0.717, 1.165) is 37.4 Å². The van der Waals surface area contributed by atoms with Crippen LogP contribution in [0.4, 0.5) is 5.69 Å². The molecule has 1 aliphatic heterocycles. The number of carboxylic acid groups (broad SMARTS) is 1. The molecule has 5 nitrogen and oxygen atoms in total. The maximum absolute atomic E-state index is 11.1. The predicted molar refractivity (Wildman–Crippen MR) is 65.7 cm³/mol. The summed E-state index contributed by atoms with van der Waals surface area (Å²) in [6, 6.07) is 0. The van der Waals surface area contributed by atoms with Crippen molar-refractivity contribution < 1.29 is 9.90 Å². The third-order valence-corrected chi connectivity index (χ3v) is 3.08. The summed E-state index contributed by atoms with van der Waals surface area (Å²) in [6.07, 6.45) is 3.92. The van der Waals surface area contributed by atoms with Gasteiger partial charge in [-0.1, -0.05) is 6.92 Å². The lowest BCUT2D eigenvalue weighted by atomic mass is 10.0. The molecule has 0 atom stereocenters. The molecule has 0 radical (unpaired) electrons. The van der Waals surface area contributed by atoms with Crippen LogP contribution in [0.3, 0.4) is 0 Å². The molecule has 1 aromatic rings. The van der Waals surface area contributed by atoms with Gasteiger partial charge in [0.05, 0.1) is 17.4 Å². The van der Waals surface area contributed by atoms with Crippen molar-refractivity contribution in [1.29, 1.82) is 0 Å². The first-order valence-electron chi connectivity index (χ1n) is 5.90. The quantitative estimate of drug-likeness (QED) is 0.809. The van der Waals surface area contributed by atoms with Crippen molar-refractivity contribution in [3.05, 3.63) is 23.5 Å². The van der Waals surface area contributed by atoms with Crippen molar-refractivity contribution in [2.24, 2.45) is 0 Å². The summed E-state index contributed by atoms with van der Waals surface area (Å²) in [5.74, 6) is -0.897. The third kappa shape index (κ3) is 2.39. The third-order valence-electron chi connectivity index (χ3n) is 3.08. The molecular weight excluding hydrogens is 218 g/mol. The number of hydrogen-bond donors (Lipinski definition) is 2. The van der Waals surface area contributed by atoms with E-state index in [1.54, 1.807) is 6.20 Å². The van der Waals surface area contributed by atoms with Gasteiger partial charge in [-0.15, -0.1) is 0 Å². The molecule has 1 aromatic heterocycles. The normalized spacial score (nSPS) is 15.9. The molecule has 0 spiro atoms. The Labute approximate surface area is 100 Å². The molecule has 2 rings (SSSR count). The molecule has 0 aliphatic carbocycles. The van der Waals surface area contributed by atoms with Gasteiger partial charge in [-0.2, -0.15) is 0 Å². The number of hydrogen-bond acceptors (Lipinski definition) is 4. The summed E-state index contributed by atoms with van der Waals surface area (Å²) in [7, 11) is 0. The highest BCUT2D eigenvalue weighted by atomic mass is 16.4. The van der Waals surface area contributed by atoms with Crippen LogP contribution < -0.4 is 10.2 Å². The Bertz CT molecular complexity index is 414. The van der Waals surface area contributed by atoms with Gasteiger partial charge in [0.15, 0.2) is 0 Å². The fraction of sp³-hybridized carbons (Fsp3) is 0.500. The summed E-state index contributed by atoms with van der Waals surface area (Å²) >= 11 is 0. The first-order chi connectivity index (χ1) is 8.24. The highest BCUT2D eigenvalue weighted by molar-refractivity contribution is 5.90. The van der Waals surface area contributed by atoms with E-state index < -0.39 is 5.97 Å². The van der Waals surface area contributed by atoms with Gasteiger partial charge >= 0.3 is 5.97 Å². The van der Waals surface area contributed by atoms with E-state index in [1.807, 2.05) is 6.92 Å². The number of rotatable bonds is 3. The number of piperazine rings is 1. The molecule has 17 heavy (non-hydrogen) atoms. The number of pyridine rings is 1. The van der Waals surface area contributed by atoms with Gasteiger partial charge in [0.25, 0.3) is 0 Å². The maximum Gasteiger partial charge on any atom is 0.337 e. The fourth-order valence-electron chi connectivity index (χ4n) is 2.21. The topological polar surface area (TPSA) is 65.5 Å². The fourth-order valence-corrected chi connectivity index (χ4v) is 2.21. The van der Waals surface area contributed by atoms with Crippen molar-refractivity contribution >= 4 is 11.7 Å². The van der Waals surface area contributed by atoms with E-state index in [1.165, 1.54) is 6.20 Å².